The second-order valence-corrected chi connectivity index (χ2v) is 6.59. The molecule has 1 saturated carbocycles. The molecule has 1 amide bonds. The number of unbranched alkanes of at least 4 members (excludes halogenated alkanes) is 1. The van der Waals surface area contributed by atoms with Crippen molar-refractivity contribution in [3.63, 3.8) is 0 Å². The van der Waals surface area contributed by atoms with E-state index in [2.05, 4.69) is 33.0 Å². The summed E-state index contributed by atoms with van der Waals surface area (Å²) in [6, 6.07) is 0. The highest BCUT2D eigenvalue weighted by Crippen LogP contribution is 2.32. The van der Waals surface area contributed by atoms with Crippen molar-refractivity contribution < 1.29 is 4.79 Å². The van der Waals surface area contributed by atoms with E-state index in [1.165, 1.54) is 32.1 Å². The van der Waals surface area contributed by atoms with Crippen molar-refractivity contribution in [3.05, 3.63) is 0 Å². The minimum atomic E-state index is -0.0455. The van der Waals surface area contributed by atoms with Gasteiger partial charge in [0.15, 0.2) is 0 Å². The van der Waals surface area contributed by atoms with Crippen LogP contribution in [0.4, 0.5) is 0 Å². The number of hydrogen-bond donors (Lipinski definition) is 1. The molecule has 0 aromatic carbocycles. The second-order valence-electron chi connectivity index (χ2n) is 6.59. The van der Waals surface area contributed by atoms with Gasteiger partial charge in [-0.1, -0.05) is 33.1 Å². The minimum absolute atomic E-state index is 0.0455. The van der Waals surface area contributed by atoms with E-state index in [-0.39, 0.29) is 17.4 Å². The Labute approximate surface area is 113 Å². The van der Waals surface area contributed by atoms with Crippen LogP contribution in [0.3, 0.4) is 0 Å². The lowest BCUT2D eigenvalue weighted by Gasteiger charge is -2.31. The Balaban J connectivity index is 2.32. The predicted octanol–water partition coefficient (Wildman–Crippen LogP) is 4.29. The summed E-state index contributed by atoms with van der Waals surface area (Å²) in [4.78, 5) is 12.2. The summed E-state index contributed by atoms with van der Waals surface area (Å²) in [5.74, 6) is 1.44. The van der Waals surface area contributed by atoms with Gasteiger partial charge in [0.1, 0.15) is 0 Å². The fourth-order valence-electron chi connectivity index (χ4n) is 2.73. The zero-order chi connectivity index (χ0) is 13.6. The van der Waals surface area contributed by atoms with Crippen molar-refractivity contribution >= 4 is 5.91 Å². The van der Waals surface area contributed by atoms with Crippen LogP contribution in [0.15, 0.2) is 0 Å². The van der Waals surface area contributed by atoms with Crippen LogP contribution >= 0.6 is 0 Å². The molecule has 0 bridgehead atoms. The molecule has 0 saturated heterocycles. The van der Waals surface area contributed by atoms with Crippen molar-refractivity contribution in [1.29, 1.82) is 0 Å². The molecule has 1 rings (SSSR count). The fourth-order valence-corrected chi connectivity index (χ4v) is 2.73. The Kier molecular flexibility index (Phi) is 6.17. The molecule has 106 valence electrons. The van der Waals surface area contributed by atoms with Gasteiger partial charge in [0.2, 0.25) is 5.91 Å². The molecule has 1 aliphatic rings. The van der Waals surface area contributed by atoms with Crippen molar-refractivity contribution in [2.45, 2.75) is 84.6 Å². The summed E-state index contributed by atoms with van der Waals surface area (Å²) in [5, 5.41) is 3.19. The highest BCUT2D eigenvalue weighted by atomic mass is 16.2. The lowest BCUT2D eigenvalue weighted by molar-refractivity contribution is -0.127. The van der Waals surface area contributed by atoms with Crippen LogP contribution in [0.1, 0.15) is 79.1 Å². The quantitative estimate of drug-likeness (QED) is 0.752. The number of rotatable bonds is 6. The minimum Gasteiger partial charge on any atom is -0.351 e. The molecule has 1 aliphatic carbocycles. The molecule has 2 heteroatoms. The summed E-state index contributed by atoms with van der Waals surface area (Å²) in [7, 11) is 0. The van der Waals surface area contributed by atoms with E-state index in [4.69, 9.17) is 0 Å². The van der Waals surface area contributed by atoms with Crippen LogP contribution in [-0.2, 0) is 4.79 Å². The van der Waals surface area contributed by atoms with Gasteiger partial charge in [0.25, 0.3) is 0 Å². The van der Waals surface area contributed by atoms with Crippen molar-refractivity contribution in [2.75, 3.05) is 0 Å². The summed E-state index contributed by atoms with van der Waals surface area (Å²) in [6.45, 7) is 8.60. The standard InChI is InChI=1S/C16H31NO/c1-5-7-8-13-9-11-14(12-10-13)15(18)17-16(3,4)6-2/h13-14H,5-12H2,1-4H3,(H,17,18). The van der Waals surface area contributed by atoms with E-state index in [1.807, 2.05) is 0 Å². The highest BCUT2D eigenvalue weighted by molar-refractivity contribution is 5.79. The van der Waals surface area contributed by atoms with Gasteiger partial charge in [-0.25, -0.2) is 0 Å². The maximum Gasteiger partial charge on any atom is 0.223 e. The number of carbonyl (C=O) groups is 1. The van der Waals surface area contributed by atoms with E-state index in [0.29, 0.717) is 0 Å². The van der Waals surface area contributed by atoms with Crippen LogP contribution in [0, 0.1) is 11.8 Å². The van der Waals surface area contributed by atoms with E-state index >= 15 is 0 Å². The van der Waals surface area contributed by atoms with Gasteiger partial charge in [-0.2, -0.15) is 0 Å². The van der Waals surface area contributed by atoms with Gasteiger partial charge in [-0.15, -0.1) is 0 Å². The Morgan fingerprint density at radius 2 is 1.78 bits per heavy atom. The molecule has 0 aliphatic heterocycles. The topological polar surface area (TPSA) is 29.1 Å². The molecule has 1 fully saturated rings. The Hall–Kier alpha value is -0.530. The van der Waals surface area contributed by atoms with Crippen LogP contribution in [0.2, 0.25) is 0 Å². The van der Waals surface area contributed by atoms with Crippen molar-refractivity contribution in [1.82, 2.24) is 5.32 Å². The first-order chi connectivity index (χ1) is 8.48. The molecular formula is C16H31NO. The van der Waals surface area contributed by atoms with E-state index in [0.717, 1.165) is 25.2 Å². The molecule has 0 aromatic rings. The summed E-state index contributed by atoms with van der Waals surface area (Å²) < 4.78 is 0. The third-order valence-corrected chi connectivity index (χ3v) is 4.53. The number of amides is 1. The van der Waals surface area contributed by atoms with Crippen molar-refractivity contribution in [2.24, 2.45) is 11.8 Å². The zero-order valence-electron chi connectivity index (χ0n) is 12.7. The molecule has 0 unspecified atom stereocenters. The molecule has 0 atom stereocenters. The van der Waals surface area contributed by atoms with Crippen LogP contribution in [-0.4, -0.2) is 11.4 Å². The molecule has 2 nitrogen and oxygen atoms in total. The van der Waals surface area contributed by atoms with E-state index < -0.39 is 0 Å². The third-order valence-electron chi connectivity index (χ3n) is 4.53. The highest BCUT2D eigenvalue weighted by Gasteiger charge is 2.28. The third kappa shape index (κ3) is 4.99. The smallest absolute Gasteiger partial charge is 0.223 e. The molecule has 0 aromatic heterocycles. The monoisotopic (exact) mass is 253 g/mol. The number of carbonyl (C=O) groups excluding carboxylic acids is 1. The molecular weight excluding hydrogens is 222 g/mol. The van der Waals surface area contributed by atoms with Gasteiger partial charge < -0.3 is 5.32 Å². The lowest BCUT2D eigenvalue weighted by atomic mass is 9.79. The molecule has 0 spiro atoms. The van der Waals surface area contributed by atoms with Gasteiger partial charge in [0, 0.05) is 11.5 Å². The average molecular weight is 253 g/mol. The van der Waals surface area contributed by atoms with Crippen molar-refractivity contribution in [3.8, 4) is 0 Å². The molecule has 0 radical (unpaired) electrons. The Morgan fingerprint density at radius 1 is 1.17 bits per heavy atom. The fraction of sp³-hybridized carbons (Fsp3) is 0.938. The Bertz CT molecular complexity index is 252. The van der Waals surface area contributed by atoms with Crippen LogP contribution < -0.4 is 5.32 Å². The van der Waals surface area contributed by atoms with E-state index in [1.54, 1.807) is 0 Å². The van der Waals surface area contributed by atoms with Gasteiger partial charge in [-0.05, 0) is 51.9 Å². The average Bonchev–Trinajstić information content (AvgIpc) is 2.36. The first kappa shape index (κ1) is 15.5. The lowest BCUT2D eigenvalue weighted by Crippen LogP contribution is -2.46. The second kappa shape index (κ2) is 7.16. The van der Waals surface area contributed by atoms with Crippen LogP contribution in [0.5, 0.6) is 0 Å². The first-order valence-electron chi connectivity index (χ1n) is 7.80. The largest absolute Gasteiger partial charge is 0.351 e. The number of hydrogen-bond acceptors (Lipinski definition) is 1. The van der Waals surface area contributed by atoms with Gasteiger partial charge in [-0.3, -0.25) is 4.79 Å². The molecule has 18 heavy (non-hydrogen) atoms. The first-order valence-corrected chi connectivity index (χ1v) is 7.80. The maximum atomic E-state index is 12.2. The maximum absolute atomic E-state index is 12.2. The SMILES string of the molecule is CCCCC1CCC(C(=O)NC(C)(C)CC)CC1. The van der Waals surface area contributed by atoms with Gasteiger partial charge in [0.05, 0.1) is 0 Å². The molecule has 0 heterocycles. The van der Waals surface area contributed by atoms with E-state index in [9.17, 15) is 4.79 Å². The predicted molar refractivity (Wildman–Crippen MR) is 77.5 cm³/mol. The summed E-state index contributed by atoms with van der Waals surface area (Å²) in [6.07, 6.45) is 9.71. The summed E-state index contributed by atoms with van der Waals surface area (Å²) in [5.41, 5.74) is -0.0455. The number of nitrogens with one attached hydrogen (secondary N) is 1. The zero-order valence-corrected chi connectivity index (χ0v) is 12.7. The normalized spacial score (nSPS) is 24.9. The molecule has 1 N–H and O–H groups in total. The summed E-state index contributed by atoms with van der Waals surface area (Å²) >= 11 is 0. The Morgan fingerprint density at radius 3 is 2.28 bits per heavy atom. The van der Waals surface area contributed by atoms with Gasteiger partial charge >= 0.3 is 0 Å². The van der Waals surface area contributed by atoms with Crippen LogP contribution in [0.25, 0.3) is 0 Å².